The molecule has 0 aliphatic carbocycles. The lowest BCUT2D eigenvalue weighted by Crippen LogP contribution is -2.34. The normalized spacial score (nSPS) is 11.0. The molecular weight excluding hydrogens is 448 g/mol. The molecule has 1 N–H and O–H groups in total. The van der Waals surface area contributed by atoms with Crippen molar-refractivity contribution >= 4 is 27.8 Å². The van der Waals surface area contributed by atoms with Crippen LogP contribution < -0.4 is 9.50 Å². The quantitative estimate of drug-likeness (QED) is 0.369. The van der Waals surface area contributed by atoms with Crippen molar-refractivity contribution in [3.8, 4) is 5.75 Å². The zero-order valence-corrected chi connectivity index (χ0v) is 19.0. The third-order valence-corrected chi connectivity index (χ3v) is 4.90. The van der Waals surface area contributed by atoms with E-state index in [4.69, 9.17) is 13.3 Å². The minimum absolute atomic E-state index is 0.185. The number of nitrogens with one attached hydrogen (secondary N) is 1. The fourth-order valence-electron chi connectivity index (χ4n) is 2.94. The summed E-state index contributed by atoms with van der Waals surface area (Å²) in [5, 5.41) is 2.80. The third kappa shape index (κ3) is 7.39. The molecule has 0 bridgehead atoms. The van der Waals surface area contributed by atoms with Crippen LogP contribution in [0.25, 0.3) is 0 Å². The van der Waals surface area contributed by atoms with E-state index in [1.165, 1.54) is 23.3 Å². The maximum atomic E-state index is 13.0. The van der Waals surface area contributed by atoms with E-state index in [1.54, 1.807) is 55.5 Å². The number of urea groups is 1. The van der Waals surface area contributed by atoms with E-state index < -0.39 is 16.1 Å². The van der Waals surface area contributed by atoms with Crippen molar-refractivity contribution in [3.05, 3.63) is 83.8 Å². The van der Waals surface area contributed by atoms with Gasteiger partial charge in [-0.2, -0.15) is 8.42 Å². The summed E-state index contributed by atoms with van der Waals surface area (Å²) in [7, 11) is -3.62. The molecule has 3 rings (SSSR count). The molecule has 174 valence electrons. The van der Waals surface area contributed by atoms with E-state index >= 15 is 0 Å². The van der Waals surface area contributed by atoms with Gasteiger partial charge >= 0.3 is 22.1 Å². The molecule has 2 amide bonds. The molecule has 0 unspecified atom stereocenters. The van der Waals surface area contributed by atoms with Crippen molar-refractivity contribution in [2.45, 2.75) is 20.0 Å². The number of hydrogen-bond acceptors (Lipinski definition) is 7. The van der Waals surface area contributed by atoms with Gasteiger partial charge in [-0.25, -0.2) is 9.59 Å². The first-order chi connectivity index (χ1) is 15.7. The van der Waals surface area contributed by atoms with Crippen LogP contribution in [0.5, 0.6) is 5.75 Å². The number of hydrogen-bond donors (Lipinski definition) is 1. The van der Waals surface area contributed by atoms with E-state index in [-0.39, 0.29) is 31.5 Å². The zero-order chi connectivity index (χ0) is 23.8. The Hall–Kier alpha value is -3.79. The van der Waals surface area contributed by atoms with Crippen molar-refractivity contribution < 1.29 is 31.3 Å². The number of carbonyl (C=O) groups excluding carboxylic acids is 2. The van der Waals surface area contributed by atoms with Crippen LogP contribution in [0.2, 0.25) is 0 Å². The Kier molecular flexibility index (Phi) is 7.73. The highest BCUT2D eigenvalue weighted by Crippen LogP contribution is 2.18. The summed E-state index contributed by atoms with van der Waals surface area (Å²) in [5.74, 6) is 0.350. The Balaban J connectivity index is 1.72. The van der Waals surface area contributed by atoms with Gasteiger partial charge in [-0.15, -0.1) is 0 Å². The van der Waals surface area contributed by atoms with E-state index in [0.29, 0.717) is 17.0 Å². The number of carbonyl (C=O) groups is 2. The highest BCUT2D eigenvalue weighted by molar-refractivity contribution is 7.86. The maximum absolute atomic E-state index is 13.0. The summed E-state index contributed by atoms with van der Waals surface area (Å²) < 4.78 is 37.7. The van der Waals surface area contributed by atoms with Crippen molar-refractivity contribution in [3.63, 3.8) is 0 Å². The molecule has 0 spiro atoms. The van der Waals surface area contributed by atoms with Crippen molar-refractivity contribution in [1.29, 1.82) is 0 Å². The summed E-state index contributed by atoms with van der Waals surface area (Å²) in [4.78, 5) is 26.3. The minimum Gasteiger partial charge on any atom is -0.467 e. The zero-order valence-electron chi connectivity index (χ0n) is 18.2. The molecule has 0 aliphatic heterocycles. The summed E-state index contributed by atoms with van der Waals surface area (Å²) in [6.07, 6.45) is 2.49. The summed E-state index contributed by atoms with van der Waals surface area (Å²) in [6.45, 7) is 2.45. The first kappa shape index (κ1) is 23.9. The van der Waals surface area contributed by atoms with Gasteiger partial charge in [0.25, 0.3) is 0 Å². The molecule has 0 atom stereocenters. The molecule has 9 nitrogen and oxygen atoms in total. The maximum Gasteiger partial charge on any atom is 0.338 e. The van der Waals surface area contributed by atoms with Crippen LogP contribution >= 0.6 is 0 Å². The molecule has 0 fully saturated rings. The Morgan fingerprint density at radius 3 is 2.27 bits per heavy atom. The van der Waals surface area contributed by atoms with Crippen LogP contribution in [0.4, 0.5) is 10.5 Å². The van der Waals surface area contributed by atoms with Crippen molar-refractivity contribution in [2.75, 3.05) is 18.2 Å². The van der Waals surface area contributed by atoms with Crippen LogP contribution in [-0.2, 0) is 27.9 Å². The number of anilines is 1. The van der Waals surface area contributed by atoms with Gasteiger partial charge in [-0.05, 0) is 61.0 Å². The Morgan fingerprint density at radius 1 is 1.00 bits per heavy atom. The lowest BCUT2D eigenvalue weighted by molar-refractivity contribution is 0.0526. The van der Waals surface area contributed by atoms with Crippen LogP contribution in [-0.4, -0.2) is 38.2 Å². The number of rotatable bonds is 9. The minimum atomic E-state index is -3.62. The van der Waals surface area contributed by atoms with Gasteiger partial charge in [0.15, 0.2) is 0 Å². The lowest BCUT2D eigenvalue weighted by Gasteiger charge is -2.22. The van der Waals surface area contributed by atoms with Crippen molar-refractivity contribution in [1.82, 2.24) is 4.90 Å². The smallest absolute Gasteiger partial charge is 0.338 e. The topological polar surface area (TPSA) is 115 Å². The first-order valence-electron chi connectivity index (χ1n) is 10.1. The lowest BCUT2D eigenvalue weighted by atomic mass is 10.2. The molecule has 0 saturated heterocycles. The van der Waals surface area contributed by atoms with E-state index in [1.807, 2.05) is 0 Å². The number of nitrogens with zero attached hydrogens (tertiary/aromatic N) is 1. The van der Waals surface area contributed by atoms with Crippen LogP contribution in [0.3, 0.4) is 0 Å². The average Bonchev–Trinajstić information content (AvgIpc) is 3.27. The standard InChI is InChI=1S/C23H24N2O7S/c1-3-30-22(26)18-8-10-19(11-9-18)24-23(27)25(16-21-5-4-14-31-21)15-17-6-12-20(13-7-17)32-33(2,28)29/h4-14H,3,15-16H2,1-2H3,(H,24,27). The predicted molar refractivity (Wildman–Crippen MR) is 121 cm³/mol. The predicted octanol–water partition coefficient (Wildman–Crippen LogP) is 4.03. The molecule has 3 aromatic rings. The summed E-state index contributed by atoms with van der Waals surface area (Å²) >= 11 is 0. The number of furan rings is 1. The van der Waals surface area contributed by atoms with Gasteiger partial charge in [-0.3, -0.25) is 0 Å². The molecular formula is C23H24N2O7S. The van der Waals surface area contributed by atoms with Gasteiger partial charge in [0.1, 0.15) is 11.5 Å². The Morgan fingerprint density at radius 2 is 1.70 bits per heavy atom. The number of esters is 1. The van der Waals surface area contributed by atoms with Crippen LogP contribution in [0, 0.1) is 0 Å². The van der Waals surface area contributed by atoms with Gasteiger partial charge in [-0.1, -0.05) is 12.1 Å². The van der Waals surface area contributed by atoms with E-state index in [2.05, 4.69) is 5.32 Å². The number of amides is 2. The third-order valence-electron chi connectivity index (χ3n) is 4.41. The number of ether oxygens (including phenoxy) is 1. The molecule has 0 radical (unpaired) electrons. The van der Waals surface area contributed by atoms with Gasteiger partial charge < -0.3 is 23.6 Å². The van der Waals surface area contributed by atoms with Crippen molar-refractivity contribution in [2.24, 2.45) is 0 Å². The fourth-order valence-corrected chi connectivity index (χ4v) is 3.40. The average molecular weight is 473 g/mol. The second-order valence-electron chi connectivity index (χ2n) is 7.09. The molecule has 0 saturated carbocycles. The van der Waals surface area contributed by atoms with Gasteiger partial charge in [0, 0.05) is 12.2 Å². The molecule has 1 heterocycles. The van der Waals surface area contributed by atoms with Crippen LogP contribution in [0.1, 0.15) is 28.6 Å². The first-order valence-corrected chi connectivity index (χ1v) is 11.9. The highest BCUT2D eigenvalue weighted by atomic mass is 32.2. The fraction of sp³-hybridized carbons (Fsp3) is 0.217. The number of benzene rings is 2. The van der Waals surface area contributed by atoms with E-state index in [0.717, 1.165) is 11.8 Å². The molecule has 2 aromatic carbocycles. The molecule has 1 aromatic heterocycles. The SMILES string of the molecule is CCOC(=O)c1ccc(NC(=O)N(Cc2ccc(OS(C)(=O)=O)cc2)Cc2ccco2)cc1. The summed E-state index contributed by atoms with van der Waals surface area (Å²) in [5.41, 5.74) is 1.66. The second-order valence-corrected chi connectivity index (χ2v) is 8.67. The Labute approximate surface area is 192 Å². The largest absolute Gasteiger partial charge is 0.467 e. The highest BCUT2D eigenvalue weighted by Gasteiger charge is 2.17. The molecule has 10 heteroatoms. The molecule has 33 heavy (non-hydrogen) atoms. The van der Waals surface area contributed by atoms with E-state index in [9.17, 15) is 18.0 Å². The monoisotopic (exact) mass is 472 g/mol. The molecule has 0 aliphatic rings. The summed E-state index contributed by atoms with van der Waals surface area (Å²) in [6, 6.07) is 15.9. The van der Waals surface area contributed by atoms with Gasteiger partial charge in [0.05, 0.1) is 31.2 Å². The Bertz CT molecular complexity index is 1170. The van der Waals surface area contributed by atoms with Crippen LogP contribution in [0.15, 0.2) is 71.3 Å². The van der Waals surface area contributed by atoms with Gasteiger partial charge in [0.2, 0.25) is 0 Å². The second kappa shape index (κ2) is 10.7.